The maximum Gasteiger partial charge on any atom is 0.134 e. The Bertz CT molecular complexity index is 492. The first-order valence-electron chi connectivity index (χ1n) is 6.38. The van der Waals surface area contributed by atoms with Crippen LogP contribution in [0.15, 0.2) is 34.7 Å². The molecular formula is C15H16O. The number of fused-ring (bicyclic) bond motifs is 3. The normalized spacial score (nSPS) is 32.6. The predicted octanol–water partition coefficient (Wildman–Crippen LogP) is 4.34. The minimum absolute atomic E-state index is 0.714. The van der Waals surface area contributed by atoms with Crippen molar-refractivity contribution < 1.29 is 4.42 Å². The standard InChI is InChI=1S/C15H16O/c1-2-4-14-12(3-1)9-15(16-14)13-8-10-5-6-11(13)7-10/h1-4,9-11,13H,5-8H2/t10-,11+,13+/m0/s1. The van der Waals surface area contributed by atoms with Gasteiger partial charge in [-0.15, -0.1) is 0 Å². The Morgan fingerprint density at radius 3 is 2.75 bits per heavy atom. The molecule has 1 heterocycles. The van der Waals surface area contributed by atoms with E-state index >= 15 is 0 Å². The number of para-hydroxylation sites is 1. The zero-order chi connectivity index (χ0) is 10.5. The molecule has 0 amide bonds. The number of hydrogen-bond acceptors (Lipinski definition) is 1. The number of benzene rings is 1. The first-order valence-corrected chi connectivity index (χ1v) is 6.38. The fourth-order valence-corrected chi connectivity index (χ4v) is 3.78. The molecular weight excluding hydrogens is 196 g/mol. The van der Waals surface area contributed by atoms with Gasteiger partial charge in [0, 0.05) is 11.3 Å². The molecule has 1 nitrogen and oxygen atoms in total. The molecule has 4 rings (SSSR count). The van der Waals surface area contributed by atoms with Crippen LogP contribution in [0.25, 0.3) is 11.0 Å². The summed E-state index contributed by atoms with van der Waals surface area (Å²) < 4.78 is 6.00. The Morgan fingerprint density at radius 2 is 2.00 bits per heavy atom. The highest BCUT2D eigenvalue weighted by Gasteiger charge is 2.41. The molecule has 1 heteroatoms. The lowest BCUT2D eigenvalue weighted by atomic mass is 9.87. The summed E-state index contributed by atoms with van der Waals surface area (Å²) in [6, 6.07) is 10.6. The van der Waals surface area contributed by atoms with Gasteiger partial charge in [-0.3, -0.25) is 0 Å². The predicted molar refractivity (Wildman–Crippen MR) is 64.4 cm³/mol. The van der Waals surface area contributed by atoms with Crippen molar-refractivity contribution in [2.75, 3.05) is 0 Å². The molecule has 3 atom stereocenters. The van der Waals surface area contributed by atoms with Crippen molar-refractivity contribution in [3.63, 3.8) is 0 Å². The largest absolute Gasteiger partial charge is 0.461 e. The Labute approximate surface area is 95.5 Å². The minimum atomic E-state index is 0.714. The highest BCUT2D eigenvalue weighted by molar-refractivity contribution is 5.77. The molecule has 2 fully saturated rings. The van der Waals surface area contributed by atoms with Crippen LogP contribution in [0.3, 0.4) is 0 Å². The lowest BCUT2D eigenvalue weighted by Crippen LogP contribution is -2.07. The van der Waals surface area contributed by atoms with Crippen LogP contribution in [0.1, 0.15) is 37.4 Å². The molecule has 2 aliphatic carbocycles. The SMILES string of the molecule is c1ccc2oc([C@@H]3C[C@H]4CC[C@@H]3C4)cc2c1. The fraction of sp³-hybridized carbons (Fsp3) is 0.467. The average molecular weight is 212 g/mol. The van der Waals surface area contributed by atoms with Gasteiger partial charge in [0.05, 0.1) is 0 Å². The molecule has 0 saturated heterocycles. The van der Waals surface area contributed by atoms with Gasteiger partial charge in [-0.05, 0) is 43.2 Å². The third-order valence-corrected chi connectivity index (χ3v) is 4.55. The Kier molecular flexibility index (Phi) is 1.73. The summed E-state index contributed by atoms with van der Waals surface area (Å²) in [6.45, 7) is 0. The van der Waals surface area contributed by atoms with Gasteiger partial charge >= 0.3 is 0 Å². The van der Waals surface area contributed by atoms with Crippen LogP contribution in [0.5, 0.6) is 0 Å². The summed E-state index contributed by atoms with van der Waals surface area (Å²) in [5.74, 6) is 3.85. The molecule has 1 aromatic heterocycles. The summed E-state index contributed by atoms with van der Waals surface area (Å²) in [5, 5.41) is 1.26. The van der Waals surface area contributed by atoms with Crippen molar-refractivity contribution in [3.8, 4) is 0 Å². The van der Waals surface area contributed by atoms with Gasteiger partial charge in [0.1, 0.15) is 11.3 Å². The highest BCUT2D eigenvalue weighted by Crippen LogP contribution is 2.53. The maximum absolute atomic E-state index is 6.00. The summed E-state index contributed by atoms with van der Waals surface area (Å²) >= 11 is 0. The first-order chi connectivity index (χ1) is 7.90. The molecule has 2 aliphatic rings. The fourth-order valence-electron chi connectivity index (χ4n) is 3.78. The van der Waals surface area contributed by atoms with Crippen LogP contribution in [0.4, 0.5) is 0 Å². The first kappa shape index (κ1) is 8.86. The van der Waals surface area contributed by atoms with E-state index in [1.165, 1.54) is 36.8 Å². The second-order valence-corrected chi connectivity index (χ2v) is 5.47. The topological polar surface area (TPSA) is 13.1 Å². The van der Waals surface area contributed by atoms with Gasteiger partial charge in [-0.1, -0.05) is 24.6 Å². The van der Waals surface area contributed by atoms with Crippen LogP contribution < -0.4 is 0 Å². The van der Waals surface area contributed by atoms with Crippen molar-refractivity contribution in [2.24, 2.45) is 11.8 Å². The molecule has 2 saturated carbocycles. The second kappa shape index (κ2) is 3.13. The lowest BCUT2D eigenvalue weighted by molar-refractivity contribution is 0.366. The number of hydrogen-bond donors (Lipinski definition) is 0. The van der Waals surface area contributed by atoms with Crippen molar-refractivity contribution in [1.29, 1.82) is 0 Å². The zero-order valence-electron chi connectivity index (χ0n) is 9.36. The number of rotatable bonds is 1. The Hall–Kier alpha value is -1.24. The van der Waals surface area contributed by atoms with E-state index in [1.54, 1.807) is 0 Å². The van der Waals surface area contributed by atoms with E-state index in [-0.39, 0.29) is 0 Å². The molecule has 16 heavy (non-hydrogen) atoms. The maximum atomic E-state index is 6.00. The molecule has 2 bridgehead atoms. The monoisotopic (exact) mass is 212 g/mol. The third-order valence-electron chi connectivity index (χ3n) is 4.55. The molecule has 0 unspecified atom stereocenters. The summed E-state index contributed by atoms with van der Waals surface area (Å²) in [6.07, 6.45) is 5.69. The number of furan rings is 1. The van der Waals surface area contributed by atoms with Crippen LogP contribution in [-0.2, 0) is 0 Å². The van der Waals surface area contributed by atoms with Crippen molar-refractivity contribution >= 4 is 11.0 Å². The van der Waals surface area contributed by atoms with Crippen LogP contribution in [-0.4, -0.2) is 0 Å². The van der Waals surface area contributed by atoms with Gasteiger partial charge < -0.3 is 4.42 Å². The van der Waals surface area contributed by atoms with E-state index in [0.717, 1.165) is 17.4 Å². The molecule has 0 radical (unpaired) electrons. The summed E-state index contributed by atoms with van der Waals surface area (Å²) in [7, 11) is 0. The van der Waals surface area contributed by atoms with Gasteiger partial charge in [-0.2, -0.15) is 0 Å². The van der Waals surface area contributed by atoms with Crippen molar-refractivity contribution in [3.05, 3.63) is 36.1 Å². The average Bonchev–Trinajstić information content (AvgIpc) is 3.02. The molecule has 1 aromatic carbocycles. The molecule has 0 N–H and O–H groups in total. The summed E-state index contributed by atoms with van der Waals surface area (Å²) in [5.41, 5.74) is 1.06. The molecule has 0 aliphatic heterocycles. The zero-order valence-corrected chi connectivity index (χ0v) is 9.36. The van der Waals surface area contributed by atoms with Crippen LogP contribution in [0, 0.1) is 11.8 Å². The minimum Gasteiger partial charge on any atom is -0.461 e. The van der Waals surface area contributed by atoms with Crippen molar-refractivity contribution in [1.82, 2.24) is 0 Å². The lowest BCUT2D eigenvalue weighted by Gasteiger charge is -2.18. The smallest absolute Gasteiger partial charge is 0.134 e. The Balaban J connectivity index is 1.76. The van der Waals surface area contributed by atoms with Gasteiger partial charge in [0.2, 0.25) is 0 Å². The highest BCUT2D eigenvalue weighted by atomic mass is 16.3. The second-order valence-electron chi connectivity index (χ2n) is 5.47. The van der Waals surface area contributed by atoms with E-state index in [2.05, 4.69) is 30.3 Å². The van der Waals surface area contributed by atoms with E-state index in [4.69, 9.17) is 4.42 Å². The quantitative estimate of drug-likeness (QED) is 0.685. The third kappa shape index (κ3) is 1.17. The Morgan fingerprint density at radius 1 is 1.06 bits per heavy atom. The van der Waals surface area contributed by atoms with Gasteiger partial charge in [0.15, 0.2) is 0 Å². The van der Waals surface area contributed by atoms with E-state index in [1.807, 2.05) is 0 Å². The van der Waals surface area contributed by atoms with Gasteiger partial charge in [0.25, 0.3) is 0 Å². The van der Waals surface area contributed by atoms with Crippen molar-refractivity contribution in [2.45, 2.75) is 31.6 Å². The van der Waals surface area contributed by atoms with E-state index < -0.39 is 0 Å². The molecule has 2 aromatic rings. The van der Waals surface area contributed by atoms with Crippen LogP contribution in [0.2, 0.25) is 0 Å². The van der Waals surface area contributed by atoms with Gasteiger partial charge in [-0.25, -0.2) is 0 Å². The van der Waals surface area contributed by atoms with E-state index in [9.17, 15) is 0 Å². The molecule has 0 spiro atoms. The van der Waals surface area contributed by atoms with E-state index in [0.29, 0.717) is 5.92 Å². The molecule has 82 valence electrons. The van der Waals surface area contributed by atoms with Crippen LogP contribution >= 0.6 is 0 Å². The summed E-state index contributed by atoms with van der Waals surface area (Å²) in [4.78, 5) is 0.